The summed E-state index contributed by atoms with van der Waals surface area (Å²) in [5, 5.41) is 0.649. The standard InChI is InChI=1S/C11H14ClNO2S/c12-9-3-1-8(2-4-9)10-7-16(14,15)6-5-11(10)13/h1-4,10-11H,5-7,13H2. The zero-order valence-corrected chi connectivity index (χ0v) is 10.3. The van der Waals surface area contributed by atoms with E-state index in [9.17, 15) is 8.42 Å². The van der Waals surface area contributed by atoms with Crippen molar-refractivity contribution < 1.29 is 8.42 Å². The van der Waals surface area contributed by atoms with E-state index >= 15 is 0 Å². The molecule has 1 heterocycles. The van der Waals surface area contributed by atoms with Gasteiger partial charge in [-0.15, -0.1) is 0 Å². The second-order valence-corrected chi connectivity index (χ2v) is 6.89. The average Bonchev–Trinajstić information content (AvgIpc) is 2.23. The fraction of sp³-hybridized carbons (Fsp3) is 0.455. The van der Waals surface area contributed by atoms with Crippen LogP contribution >= 0.6 is 11.6 Å². The maximum Gasteiger partial charge on any atom is 0.151 e. The van der Waals surface area contributed by atoms with Gasteiger partial charge in [-0.3, -0.25) is 0 Å². The Balaban J connectivity index is 2.28. The summed E-state index contributed by atoms with van der Waals surface area (Å²) in [5.41, 5.74) is 6.93. The van der Waals surface area contributed by atoms with Crippen LogP contribution in [-0.4, -0.2) is 26.0 Å². The minimum absolute atomic E-state index is 0.0790. The number of nitrogens with two attached hydrogens (primary N) is 1. The Kier molecular flexibility index (Phi) is 3.24. The second kappa shape index (κ2) is 4.35. The number of hydrogen-bond donors (Lipinski definition) is 1. The molecule has 0 radical (unpaired) electrons. The van der Waals surface area contributed by atoms with Gasteiger partial charge in [-0.2, -0.15) is 0 Å². The molecule has 1 aliphatic heterocycles. The van der Waals surface area contributed by atoms with E-state index in [1.165, 1.54) is 0 Å². The van der Waals surface area contributed by atoms with Crippen LogP contribution in [0.4, 0.5) is 0 Å². The Hall–Kier alpha value is -0.580. The molecular weight excluding hydrogens is 246 g/mol. The van der Waals surface area contributed by atoms with E-state index in [0.29, 0.717) is 11.4 Å². The van der Waals surface area contributed by atoms with Crippen molar-refractivity contribution in [2.45, 2.75) is 18.4 Å². The fourth-order valence-corrected chi connectivity index (χ4v) is 3.96. The van der Waals surface area contributed by atoms with Crippen LogP contribution in [0.25, 0.3) is 0 Å². The molecule has 2 N–H and O–H groups in total. The first kappa shape index (κ1) is 11.9. The molecule has 0 spiro atoms. The molecule has 16 heavy (non-hydrogen) atoms. The number of halogens is 1. The van der Waals surface area contributed by atoms with Gasteiger partial charge in [0.1, 0.15) is 0 Å². The highest BCUT2D eigenvalue weighted by Crippen LogP contribution is 2.28. The molecular formula is C11H14ClNO2S. The average molecular weight is 260 g/mol. The smallest absolute Gasteiger partial charge is 0.151 e. The van der Waals surface area contributed by atoms with Crippen LogP contribution in [0, 0.1) is 0 Å². The lowest BCUT2D eigenvalue weighted by Gasteiger charge is -2.28. The lowest BCUT2D eigenvalue weighted by molar-refractivity contribution is 0.504. The second-order valence-electron chi connectivity index (χ2n) is 4.22. The van der Waals surface area contributed by atoms with Gasteiger partial charge in [-0.05, 0) is 24.1 Å². The largest absolute Gasteiger partial charge is 0.327 e. The zero-order valence-electron chi connectivity index (χ0n) is 8.77. The molecule has 1 aromatic rings. The summed E-state index contributed by atoms with van der Waals surface area (Å²) in [6.07, 6.45) is 0.537. The first-order valence-corrected chi connectivity index (χ1v) is 7.39. The molecule has 0 aliphatic carbocycles. The van der Waals surface area contributed by atoms with Gasteiger partial charge >= 0.3 is 0 Å². The van der Waals surface area contributed by atoms with Crippen molar-refractivity contribution in [2.75, 3.05) is 11.5 Å². The Morgan fingerprint density at radius 1 is 1.25 bits per heavy atom. The van der Waals surface area contributed by atoms with Gasteiger partial charge in [0.15, 0.2) is 9.84 Å². The topological polar surface area (TPSA) is 60.2 Å². The molecule has 88 valence electrons. The molecule has 2 unspecified atom stereocenters. The predicted molar refractivity (Wildman–Crippen MR) is 65.4 cm³/mol. The number of hydrogen-bond acceptors (Lipinski definition) is 3. The lowest BCUT2D eigenvalue weighted by Crippen LogP contribution is -2.40. The minimum atomic E-state index is -2.94. The van der Waals surface area contributed by atoms with Gasteiger partial charge in [0.2, 0.25) is 0 Å². The molecule has 5 heteroatoms. The molecule has 0 amide bonds. The quantitative estimate of drug-likeness (QED) is 0.833. The van der Waals surface area contributed by atoms with Crippen LogP contribution in [0.3, 0.4) is 0 Å². The van der Waals surface area contributed by atoms with Crippen molar-refractivity contribution in [1.82, 2.24) is 0 Å². The monoisotopic (exact) mass is 259 g/mol. The van der Waals surface area contributed by atoms with E-state index in [1.807, 2.05) is 12.1 Å². The fourth-order valence-electron chi connectivity index (χ4n) is 2.05. The molecule has 0 aromatic heterocycles. The number of benzene rings is 1. The first-order valence-electron chi connectivity index (χ1n) is 5.19. The van der Waals surface area contributed by atoms with E-state index in [4.69, 9.17) is 17.3 Å². The van der Waals surface area contributed by atoms with Gasteiger partial charge in [-0.25, -0.2) is 8.42 Å². The molecule has 0 bridgehead atoms. The van der Waals surface area contributed by atoms with E-state index in [0.717, 1.165) is 5.56 Å². The van der Waals surface area contributed by atoms with Crippen LogP contribution in [-0.2, 0) is 9.84 Å². The molecule has 1 aromatic carbocycles. The molecule has 1 fully saturated rings. The third kappa shape index (κ3) is 2.56. The molecule has 0 saturated carbocycles. The van der Waals surface area contributed by atoms with Crippen molar-refractivity contribution in [1.29, 1.82) is 0 Å². The summed E-state index contributed by atoms with van der Waals surface area (Å²) < 4.78 is 23.1. The van der Waals surface area contributed by atoms with Gasteiger partial charge in [0.25, 0.3) is 0 Å². The van der Waals surface area contributed by atoms with Crippen LogP contribution in [0.2, 0.25) is 5.02 Å². The zero-order chi connectivity index (χ0) is 11.8. The maximum absolute atomic E-state index is 11.6. The van der Waals surface area contributed by atoms with Crippen molar-refractivity contribution in [3.8, 4) is 0 Å². The predicted octanol–water partition coefficient (Wildman–Crippen LogP) is 1.57. The highest BCUT2D eigenvalue weighted by atomic mass is 35.5. The summed E-state index contributed by atoms with van der Waals surface area (Å²) in [5.74, 6) is 0.254. The number of rotatable bonds is 1. The molecule has 2 rings (SSSR count). The SMILES string of the molecule is NC1CCS(=O)(=O)CC1c1ccc(Cl)cc1. The lowest BCUT2D eigenvalue weighted by atomic mass is 9.92. The van der Waals surface area contributed by atoms with Gasteiger partial charge in [0, 0.05) is 17.0 Å². The highest BCUT2D eigenvalue weighted by molar-refractivity contribution is 7.91. The van der Waals surface area contributed by atoms with Crippen LogP contribution in [0.1, 0.15) is 17.9 Å². The summed E-state index contributed by atoms with van der Waals surface area (Å²) in [6, 6.07) is 7.17. The first-order chi connectivity index (χ1) is 7.48. The highest BCUT2D eigenvalue weighted by Gasteiger charge is 2.31. The maximum atomic E-state index is 11.6. The molecule has 1 aliphatic rings. The van der Waals surface area contributed by atoms with Gasteiger partial charge < -0.3 is 5.73 Å². The third-order valence-electron chi connectivity index (χ3n) is 3.01. The Morgan fingerprint density at radius 3 is 2.50 bits per heavy atom. The van der Waals surface area contributed by atoms with Crippen LogP contribution in [0.5, 0.6) is 0 Å². The van der Waals surface area contributed by atoms with Crippen molar-refractivity contribution in [3.63, 3.8) is 0 Å². The summed E-state index contributed by atoms with van der Waals surface area (Å²) in [7, 11) is -2.94. The van der Waals surface area contributed by atoms with E-state index in [1.54, 1.807) is 12.1 Å². The molecule has 1 saturated heterocycles. The van der Waals surface area contributed by atoms with Crippen molar-refractivity contribution in [2.24, 2.45) is 5.73 Å². The van der Waals surface area contributed by atoms with Crippen molar-refractivity contribution in [3.05, 3.63) is 34.9 Å². The normalized spacial score (nSPS) is 28.9. The molecule has 2 atom stereocenters. The van der Waals surface area contributed by atoms with E-state index in [2.05, 4.69) is 0 Å². The van der Waals surface area contributed by atoms with E-state index in [-0.39, 0.29) is 23.5 Å². The Labute approximate surface area is 101 Å². The minimum Gasteiger partial charge on any atom is -0.327 e. The third-order valence-corrected chi connectivity index (χ3v) is 4.99. The van der Waals surface area contributed by atoms with Crippen LogP contribution in [0.15, 0.2) is 24.3 Å². The number of sulfone groups is 1. The summed E-state index contributed by atoms with van der Waals surface area (Å²) in [4.78, 5) is 0. The van der Waals surface area contributed by atoms with Crippen LogP contribution < -0.4 is 5.73 Å². The van der Waals surface area contributed by atoms with E-state index < -0.39 is 9.84 Å². The Morgan fingerprint density at radius 2 is 1.88 bits per heavy atom. The van der Waals surface area contributed by atoms with Gasteiger partial charge in [0.05, 0.1) is 11.5 Å². The van der Waals surface area contributed by atoms with Crippen molar-refractivity contribution >= 4 is 21.4 Å². The summed E-state index contributed by atoms with van der Waals surface area (Å²) >= 11 is 5.79. The Bertz CT molecular complexity index is 469. The molecule has 3 nitrogen and oxygen atoms in total. The summed E-state index contributed by atoms with van der Waals surface area (Å²) in [6.45, 7) is 0. The van der Waals surface area contributed by atoms with Gasteiger partial charge in [-0.1, -0.05) is 23.7 Å².